The van der Waals surface area contributed by atoms with E-state index in [2.05, 4.69) is 4.72 Å². The first kappa shape index (κ1) is 18.9. The number of carbonyl (C=O) groups excluding carboxylic acids is 1. The largest absolute Gasteiger partial charge is 0.377 e. The molecule has 1 amide bonds. The lowest BCUT2D eigenvalue weighted by atomic mass is 10.1. The van der Waals surface area contributed by atoms with E-state index in [1.54, 1.807) is 30.9 Å². The minimum absolute atomic E-state index is 0.0576. The summed E-state index contributed by atoms with van der Waals surface area (Å²) in [5.74, 6) is -0.152. The summed E-state index contributed by atoms with van der Waals surface area (Å²) in [6.07, 6.45) is 1.90. The van der Waals surface area contributed by atoms with E-state index >= 15 is 0 Å². The lowest BCUT2D eigenvalue weighted by Gasteiger charge is -2.32. The molecule has 7 heteroatoms. The van der Waals surface area contributed by atoms with Crippen LogP contribution in [-0.4, -0.2) is 51.1 Å². The van der Waals surface area contributed by atoms with E-state index in [1.807, 2.05) is 6.92 Å². The second kappa shape index (κ2) is 8.09. The number of carbonyl (C=O) groups is 1. The number of nitrogens with one attached hydrogen (secondary N) is 1. The molecule has 0 bridgehead atoms. The van der Waals surface area contributed by atoms with Gasteiger partial charge in [-0.3, -0.25) is 4.79 Å². The predicted octanol–water partition coefficient (Wildman–Crippen LogP) is 2.01. The maximum Gasteiger partial charge on any atom is 0.253 e. The van der Waals surface area contributed by atoms with Crippen LogP contribution >= 0.6 is 0 Å². The molecule has 1 unspecified atom stereocenters. The van der Waals surface area contributed by atoms with Gasteiger partial charge in [-0.1, -0.05) is 6.07 Å². The summed E-state index contributed by atoms with van der Waals surface area (Å²) < 4.78 is 32.7. The number of amides is 1. The van der Waals surface area contributed by atoms with E-state index in [9.17, 15) is 13.2 Å². The molecule has 1 aliphatic rings. The Balaban J connectivity index is 2.17. The molecule has 1 aromatic carbocycles. The number of sulfonamides is 1. The van der Waals surface area contributed by atoms with Gasteiger partial charge >= 0.3 is 0 Å². The van der Waals surface area contributed by atoms with E-state index < -0.39 is 10.0 Å². The molecular weight excluding hydrogens is 328 g/mol. The first-order valence-corrected chi connectivity index (χ1v) is 9.85. The average Bonchev–Trinajstić information content (AvgIpc) is 2.54. The molecule has 6 nitrogen and oxygen atoms in total. The zero-order valence-electron chi connectivity index (χ0n) is 14.5. The highest BCUT2D eigenvalue weighted by Gasteiger charge is 2.25. The molecule has 1 N–H and O–H groups in total. The molecule has 1 aromatic rings. The van der Waals surface area contributed by atoms with Gasteiger partial charge in [0.2, 0.25) is 10.0 Å². The number of likely N-dealkylation sites (tertiary alicyclic amines) is 1. The minimum atomic E-state index is -3.61. The highest BCUT2D eigenvalue weighted by atomic mass is 32.2. The molecule has 1 aliphatic heterocycles. The van der Waals surface area contributed by atoms with E-state index in [0.29, 0.717) is 25.3 Å². The van der Waals surface area contributed by atoms with Crippen molar-refractivity contribution in [1.82, 2.24) is 9.62 Å². The predicted molar refractivity (Wildman–Crippen MR) is 92.5 cm³/mol. The summed E-state index contributed by atoms with van der Waals surface area (Å²) in [6, 6.07) is 5.99. The molecule has 0 radical (unpaired) electrons. The standard InChI is InChI=1S/C17H26N2O4S/c1-4-23-15-8-6-10-19(12-15)17(20)14-7-5-9-16(11-14)24(21,22)18-13(2)3/h5,7,9,11,13,15,18H,4,6,8,10,12H2,1-3H3. The van der Waals surface area contributed by atoms with Crippen LogP contribution in [0.4, 0.5) is 0 Å². The lowest BCUT2D eigenvalue weighted by Crippen LogP contribution is -2.43. The normalized spacial score (nSPS) is 18.8. The van der Waals surface area contributed by atoms with Crippen LogP contribution in [-0.2, 0) is 14.8 Å². The number of benzene rings is 1. The van der Waals surface area contributed by atoms with Crippen molar-refractivity contribution in [2.24, 2.45) is 0 Å². The van der Waals surface area contributed by atoms with E-state index in [1.165, 1.54) is 12.1 Å². The molecular formula is C17H26N2O4S. The highest BCUT2D eigenvalue weighted by molar-refractivity contribution is 7.89. The van der Waals surface area contributed by atoms with Gasteiger partial charge in [-0.2, -0.15) is 0 Å². The smallest absolute Gasteiger partial charge is 0.253 e. The zero-order chi connectivity index (χ0) is 17.7. The number of ether oxygens (including phenoxy) is 1. The van der Waals surface area contributed by atoms with Crippen LogP contribution < -0.4 is 4.72 Å². The number of rotatable bonds is 6. The third-order valence-corrected chi connectivity index (χ3v) is 5.51. The Morgan fingerprint density at radius 3 is 2.83 bits per heavy atom. The Morgan fingerprint density at radius 2 is 2.17 bits per heavy atom. The fraction of sp³-hybridized carbons (Fsp3) is 0.588. The third kappa shape index (κ3) is 4.78. The van der Waals surface area contributed by atoms with Crippen molar-refractivity contribution in [3.8, 4) is 0 Å². The Hall–Kier alpha value is -1.44. The Bertz CT molecular complexity index is 671. The Kier molecular flexibility index (Phi) is 6.37. The summed E-state index contributed by atoms with van der Waals surface area (Å²) in [6.45, 7) is 7.30. The van der Waals surface area contributed by atoms with E-state index in [-0.39, 0.29) is 22.9 Å². The van der Waals surface area contributed by atoms with Crippen molar-refractivity contribution >= 4 is 15.9 Å². The van der Waals surface area contributed by atoms with Crippen LogP contribution in [0.1, 0.15) is 44.0 Å². The lowest BCUT2D eigenvalue weighted by molar-refractivity contribution is 0.00723. The highest BCUT2D eigenvalue weighted by Crippen LogP contribution is 2.18. The summed E-state index contributed by atoms with van der Waals surface area (Å²) >= 11 is 0. The SMILES string of the molecule is CCOC1CCCN(C(=O)c2cccc(S(=O)(=O)NC(C)C)c2)C1. The van der Waals surface area contributed by atoms with Gasteiger partial charge in [-0.25, -0.2) is 13.1 Å². The van der Waals surface area contributed by atoms with Crippen molar-refractivity contribution in [3.05, 3.63) is 29.8 Å². The second-order valence-corrected chi connectivity index (χ2v) is 7.99. The van der Waals surface area contributed by atoms with Crippen molar-refractivity contribution in [1.29, 1.82) is 0 Å². The van der Waals surface area contributed by atoms with Crippen LogP contribution in [0.25, 0.3) is 0 Å². The Morgan fingerprint density at radius 1 is 1.42 bits per heavy atom. The molecule has 1 heterocycles. The monoisotopic (exact) mass is 354 g/mol. The molecule has 0 spiro atoms. The second-order valence-electron chi connectivity index (χ2n) is 6.27. The van der Waals surface area contributed by atoms with Gasteiger partial charge in [0.1, 0.15) is 0 Å². The molecule has 134 valence electrons. The maximum absolute atomic E-state index is 12.7. The van der Waals surface area contributed by atoms with E-state index in [0.717, 1.165) is 12.8 Å². The summed E-state index contributed by atoms with van der Waals surface area (Å²) in [4.78, 5) is 14.6. The molecule has 0 aliphatic carbocycles. The first-order valence-electron chi connectivity index (χ1n) is 8.36. The van der Waals surface area contributed by atoms with Gasteiger partial charge in [0, 0.05) is 31.3 Å². The van der Waals surface area contributed by atoms with Crippen molar-refractivity contribution < 1.29 is 17.9 Å². The Labute approximate surface area is 144 Å². The van der Waals surface area contributed by atoms with E-state index in [4.69, 9.17) is 4.74 Å². The van der Waals surface area contributed by atoms with Crippen molar-refractivity contribution in [2.75, 3.05) is 19.7 Å². The topological polar surface area (TPSA) is 75.7 Å². The van der Waals surface area contributed by atoms with Crippen LogP contribution in [0, 0.1) is 0 Å². The number of hydrogen-bond acceptors (Lipinski definition) is 4. The number of nitrogens with zero attached hydrogens (tertiary/aromatic N) is 1. The maximum atomic E-state index is 12.7. The molecule has 1 saturated heterocycles. The number of piperidine rings is 1. The summed E-state index contributed by atoms with van der Waals surface area (Å²) in [5, 5.41) is 0. The fourth-order valence-electron chi connectivity index (χ4n) is 2.85. The molecule has 2 rings (SSSR count). The first-order chi connectivity index (χ1) is 11.3. The minimum Gasteiger partial charge on any atom is -0.377 e. The molecule has 0 saturated carbocycles. The third-order valence-electron chi connectivity index (χ3n) is 3.85. The van der Waals surface area contributed by atoms with Gasteiger partial charge in [0.15, 0.2) is 0 Å². The zero-order valence-corrected chi connectivity index (χ0v) is 15.3. The van der Waals surface area contributed by atoms with Crippen molar-refractivity contribution in [2.45, 2.75) is 50.7 Å². The average molecular weight is 354 g/mol. The van der Waals surface area contributed by atoms with Gasteiger partial charge in [0.25, 0.3) is 5.91 Å². The number of hydrogen-bond donors (Lipinski definition) is 1. The van der Waals surface area contributed by atoms with Crippen LogP contribution in [0.2, 0.25) is 0 Å². The summed E-state index contributed by atoms with van der Waals surface area (Å²) in [5.41, 5.74) is 0.388. The van der Waals surface area contributed by atoms with Gasteiger partial charge in [-0.05, 0) is 51.8 Å². The molecule has 0 aromatic heterocycles. The summed E-state index contributed by atoms with van der Waals surface area (Å²) in [7, 11) is -3.61. The molecule has 1 atom stereocenters. The van der Waals surface area contributed by atoms with Gasteiger partial charge in [0.05, 0.1) is 11.0 Å². The van der Waals surface area contributed by atoms with Crippen LogP contribution in [0.15, 0.2) is 29.2 Å². The van der Waals surface area contributed by atoms with Crippen LogP contribution in [0.3, 0.4) is 0 Å². The quantitative estimate of drug-likeness (QED) is 0.848. The van der Waals surface area contributed by atoms with Crippen LogP contribution in [0.5, 0.6) is 0 Å². The van der Waals surface area contributed by atoms with Crippen molar-refractivity contribution in [3.63, 3.8) is 0 Å². The van der Waals surface area contributed by atoms with Gasteiger partial charge in [-0.15, -0.1) is 0 Å². The molecule has 24 heavy (non-hydrogen) atoms. The van der Waals surface area contributed by atoms with Gasteiger partial charge < -0.3 is 9.64 Å². The molecule has 1 fully saturated rings. The fourth-order valence-corrected chi connectivity index (χ4v) is 4.15.